The molecule has 2 heterocycles. The number of aryl methyl sites for hydroxylation is 1. The number of hydrogen-bond acceptors (Lipinski definition) is 3. The maximum Gasteiger partial charge on any atom is 0.264 e. The van der Waals surface area contributed by atoms with Crippen molar-refractivity contribution in [2.24, 2.45) is 0 Å². The summed E-state index contributed by atoms with van der Waals surface area (Å²) in [6.45, 7) is 2.53. The first-order valence-corrected chi connectivity index (χ1v) is 8.90. The molecule has 0 atom stereocenters. The highest BCUT2D eigenvalue weighted by molar-refractivity contribution is 5.85. The third-order valence-electron chi connectivity index (χ3n) is 4.53. The van der Waals surface area contributed by atoms with E-state index in [1.165, 1.54) is 6.07 Å². The van der Waals surface area contributed by atoms with E-state index in [1.807, 2.05) is 41.0 Å². The molecule has 0 saturated carbocycles. The summed E-state index contributed by atoms with van der Waals surface area (Å²) in [7, 11) is 0. The number of aromatic nitrogens is 3. The van der Waals surface area contributed by atoms with E-state index in [2.05, 4.69) is 17.1 Å². The van der Waals surface area contributed by atoms with Gasteiger partial charge in [-0.15, -0.1) is 10.2 Å². The van der Waals surface area contributed by atoms with Crippen LogP contribution in [-0.2, 0) is 13.0 Å². The molecule has 0 aliphatic heterocycles. The first-order valence-electron chi connectivity index (χ1n) is 8.90. The second-order valence-electron chi connectivity index (χ2n) is 6.37. The number of benzene rings is 2. The molecule has 0 saturated heterocycles. The van der Waals surface area contributed by atoms with Crippen molar-refractivity contribution in [3.05, 3.63) is 71.9 Å². The molecule has 0 N–H and O–H groups in total. The molecule has 4 aromatic rings. The molecule has 5 heteroatoms. The van der Waals surface area contributed by atoms with Gasteiger partial charge in [-0.25, -0.2) is 4.39 Å². The Hall–Kier alpha value is -2.95. The number of halogens is 1. The minimum absolute atomic E-state index is 0.217. The van der Waals surface area contributed by atoms with Gasteiger partial charge in [0.1, 0.15) is 11.5 Å². The Morgan fingerprint density at radius 2 is 1.85 bits per heavy atom. The van der Waals surface area contributed by atoms with Crippen LogP contribution in [0.2, 0.25) is 0 Å². The lowest BCUT2D eigenvalue weighted by atomic mass is 10.2. The summed E-state index contributed by atoms with van der Waals surface area (Å²) in [6.07, 6.45) is 2.86. The number of unbranched alkanes of at least 4 members (excludes halogenated alkanes) is 1. The first-order chi connectivity index (χ1) is 12.8. The minimum Gasteiger partial charge on any atom is -0.419 e. The molecular weight excluding hydrogens is 329 g/mol. The fraction of sp³-hybridized carbons (Fsp3) is 0.238. The molecular formula is C21H20FN3O. The number of hydrogen-bond donors (Lipinski definition) is 0. The van der Waals surface area contributed by atoms with Crippen LogP contribution in [0.1, 0.15) is 31.2 Å². The van der Waals surface area contributed by atoms with Crippen molar-refractivity contribution in [1.82, 2.24) is 14.8 Å². The van der Waals surface area contributed by atoms with Gasteiger partial charge in [-0.05, 0) is 24.6 Å². The van der Waals surface area contributed by atoms with Crippen LogP contribution < -0.4 is 0 Å². The molecule has 0 aliphatic rings. The van der Waals surface area contributed by atoms with Crippen LogP contribution in [-0.4, -0.2) is 14.8 Å². The predicted octanol–water partition coefficient (Wildman–Crippen LogP) is 5.22. The van der Waals surface area contributed by atoms with Crippen LogP contribution in [0, 0.1) is 5.82 Å². The normalized spacial score (nSPS) is 11.3. The van der Waals surface area contributed by atoms with Gasteiger partial charge in [-0.1, -0.05) is 49.7 Å². The second kappa shape index (κ2) is 7.12. The van der Waals surface area contributed by atoms with E-state index in [0.29, 0.717) is 23.9 Å². The van der Waals surface area contributed by atoms with E-state index >= 15 is 0 Å². The summed E-state index contributed by atoms with van der Waals surface area (Å²) in [6, 6.07) is 16.9. The van der Waals surface area contributed by atoms with Crippen molar-refractivity contribution in [3.8, 4) is 11.6 Å². The zero-order valence-electron chi connectivity index (χ0n) is 14.7. The molecule has 132 valence electrons. The molecule has 26 heavy (non-hydrogen) atoms. The molecule has 0 unspecified atom stereocenters. The molecule has 4 rings (SSSR count). The molecule has 0 spiro atoms. The van der Waals surface area contributed by atoms with Gasteiger partial charge in [0, 0.05) is 22.9 Å². The SMILES string of the molecule is CCCCc1nnc(-c2cc3ccccc3n2Cc2ccccc2F)o1. The van der Waals surface area contributed by atoms with E-state index < -0.39 is 0 Å². The molecule has 2 aromatic heterocycles. The molecule has 0 radical (unpaired) electrons. The van der Waals surface area contributed by atoms with Crippen molar-refractivity contribution in [3.63, 3.8) is 0 Å². The summed E-state index contributed by atoms with van der Waals surface area (Å²) in [5.41, 5.74) is 2.45. The van der Waals surface area contributed by atoms with Gasteiger partial charge in [0.05, 0.1) is 6.54 Å². The molecule has 0 bridgehead atoms. The van der Waals surface area contributed by atoms with Gasteiger partial charge in [-0.3, -0.25) is 0 Å². The highest BCUT2D eigenvalue weighted by Crippen LogP contribution is 2.29. The third kappa shape index (κ3) is 3.12. The summed E-state index contributed by atoms with van der Waals surface area (Å²) in [5, 5.41) is 9.45. The van der Waals surface area contributed by atoms with Crippen LogP contribution in [0.25, 0.3) is 22.5 Å². The average Bonchev–Trinajstić information content (AvgIpc) is 3.27. The number of fused-ring (bicyclic) bond motifs is 1. The number of nitrogens with zero attached hydrogens (tertiary/aromatic N) is 3. The van der Waals surface area contributed by atoms with E-state index in [1.54, 1.807) is 12.1 Å². The predicted molar refractivity (Wildman–Crippen MR) is 99.3 cm³/mol. The van der Waals surface area contributed by atoms with Crippen molar-refractivity contribution >= 4 is 10.9 Å². The lowest BCUT2D eigenvalue weighted by Gasteiger charge is -2.09. The highest BCUT2D eigenvalue weighted by Gasteiger charge is 2.17. The summed E-state index contributed by atoms with van der Waals surface area (Å²) >= 11 is 0. The van der Waals surface area contributed by atoms with Crippen molar-refractivity contribution in [2.75, 3.05) is 0 Å². The van der Waals surface area contributed by atoms with Crippen LogP contribution in [0.3, 0.4) is 0 Å². The summed E-state index contributed by atoms with van der Waals surface area (Å²) in [4.78, 5) is 0. The summed E-state index contributed by atoms with van der Waals surface area (Å²) in [5.74, 6) is 0.901. The van der Waals surface area contributed by atoms with E-state index in [9.17, 15) is 4.39 Å². The monoisotopic (exact) mass is 349 g/mol. The molecule has 0 amide bonds. The second-order valence-corrected chi connectivity index (χ2v) is 6.37. The lowest BCUT2D eigenvalue weighted by molar-refractivity contribution is 0.492. The van der Waals surface area contributed by atoms with E-state index in [4.69, 9.17) is 4.42 Å². The Labute approximate surface area is 151 Å². The Bertz CT molecular complexity index is 1030. The van der Waals surface area contributed by atoms with Crippen LogP contribution >= 0.6 is 0 Å². The Morgan fingerprint density at radius 1 is 1.04 bits per heavy atom. The van der Waals surface area contributed by atoms with Gasteiger partial charge >= 0.3 is 0 Å². The van der Waals surface area contributed by atoms with E-state index in [-0.39, 0.29) is 5.82 Å². The molecule has 0 fully saturated rings. The van der Waals surface area contributed by atoms with Crippen LogP contribution in [0.5, 0.6) is 0 Å². The van der Waals surface area contributed by atoms with Gasteiger partial charge in [0.25, 0.3) is 5.89 Å². The fourth-order valence-corrected chi connectivity index (χ4v) is 3.14. The fourth-order valence-electron chi connectivity index (χ4n) is 3.14. The van der Waals surface area contributed by atoms with Crippen molar-refractivity contribution in [1.29, 1.82) is 0 Å². The number of rotatable bonds is 6. The van der Waals surface area contributed by atoms with Crippen LogP contribution in [0.4, 0.5) is 4.39 Å². The average molecular weight is 349 g/mol. The molecule has 2 aromatic carbocycles. The van der Waals surface area contributed by atoms with Gasteiger partial charge in [0.15, 0.2) is 0 Å². The topological polar surface area (TPSA) is 43.9 Å². The maximum absolute atomic E-state index is 14.2. The number of para-hydroxylation sites is 1. The van der Waals surface area contributed by atoms with Gasteiger partial charge in [-0.2, -0.15) is 0 Å². The minimum atomic E-state index is -0.217. The lowest BCUT2D eigenvalue weighted by Crippen LogP contribution is -2.03. The van der Waals surface area contributed by atoms with Crippen molar-refractivity contribution < 1.29 is 8.81 Å². The maximum atomic E-state index is 14.2. The van der Waals surface area contributed by atoms with E-state index in [0.717, 1.165) is 35.9 Å². The summed E-state index contributed by atoms with van der Waals surface area (Å²) < 4.78 is 22.1. The highest BCUT2D eigenvalue weighted by atomic mass is 19.1. The Morgan fingerprint density at radius 3 is 2.69 bits per heavy atom. The zero-order chi connectivity index (χ0) is 17.9. The van der Waals surface area contributed by atoms with Gasteiger partial charge in [0.2, 0.25) is 5.89 Å². The largest absolute Gasteiger partial charge is 0.419 e. The van der Waals surface area contributed by atoms with Crippen molar-refractivity contribution in [2.45, 2.75) is 32.7 Å². The first kappa shape index (κ1) is 16.5. The Kier molecular flexibility index (Phi) is 4.52. The van der Waals surface area contributed by atoms with Crippen LogP contribution in [0.15, 0.2) is 59.0 Å². The molecule has 0 aliphatic carbocycles. The molecule has 4 nitrogen and oxygen atoms in total. The standard InChI is InChI=1S/C21H20FN3O/c1-2-3-12-20-23-24-21(26-20)19-13-15-8-5-7-11-18(15)25(19)14-16-9-4-6-10-17(16)22/h4-11,13H,2-3,12,14H2,1H3. The quantitative estimate of drug-likeness (QED) is 0.479. The third-order valence-corrected chi connectivity index (χ3v) is 4.53. The Balaban J connectivity index is 1.79. The zero-order valence-corrected chi connectivity index (χ0v) is 14.7. The smallest absolute Gasteiger partial charge is 0.264 e. The van der Waals surface area contributed by atoms with Gasteiger partial charge < -0.3 is 8.98 Å².